The number of thioether (sulfide) groups is 1. The van der Waals surface area contributed by atoms with Gasteiger partial charge < -0.3 is 24.5 Å². The van der Waals surface area contributed by atoms with E-state index in [-0.39, 0.29) is 35.7 Å². The number of carbonyl (C=O) groups is 2. The van der Waals surface area contributed by atoms with Crippen molar-refractivity contribution in [3.05, 3.63) is 191 Å². The van der Waals surface area contributed by atoms with Crippen LogP contribution in [-0.2, 0) is 52.8 Å². The first-order chi connectivity index (χ1) is 36.7. The average Bonchev–Trinajstić information content (AvgIpc) is 3.38. The Kier molecular flexibility index (Phi) is 36.0. The molecule has 16 nitrogen and oxygen atoms in total. The summed E-state index contributed by atoms with van der Waals surface area (Å²) in [6.07, 6.45) is 11.4. The Bertz CT molecular complexity index is 3090. The van der Waals surface area contributed by atoms with E-state index in [1.165, 1.54) is 30.1 Å². The van der Waals surface area contributed by atoms with Crippen LogP contribution in [0.2, 0.25) is 25.1 Å². The van der Waals surface area contributed by atoms with Crippen LogP contribution >= 0.6 is 126 Å². The molecule has 26 heteroatoms. The molecule has 0 amide bonds. The summed E-state index contributed by atoms with van der Waals surface area (Å²) in [5.41, 5.74) is 8.32. The van der Waals surface area contributed by atoms with Crippen LogP contribution in [0.1, 0.15) is 113 Å². The quantitative estimate of drug-likeness (QED) is 0.0210. The molecule has 0 aliphatic rings. The van der Waals surface area contributed by atoms with E-state index in [4.69, 9.17) is 72.6 Å². The number of H-pyrrole nitrogens is 3. The molecule has 4 N–H and O–H groups in total. The van der Waals surface area contributed by atoms with Crippen LogP contribution in [0.4, 0.5) is 0 Å². The number of ether oxygens (including phenoxy) is 2. The predicted molar refractivity (Wildman–Crippen MR) is 325 cm³/mol. The van der Waals surface area contributed by atoms with Crippen LogP contribution in [0.15, 0.2) is 92.8 Å². The lowest BCUT2D eigenvalue weighted by molar-refractivity contribution is 0.0515. The number of aryl methyl sites for hydroxylation is 6. The fourth-order valence-electron chi connectivity index (χ4n) is 6.22. The highest BCUT2D eigenvalue weighted by Gasteiger charge is 2.17. The smallest absolute Gasteiger partial charge is 0.342 e. The number of aromatic nitrogens is 9. The van der Waals surface area contributed by atoms with Gasteiger partial charge in [-0.1, -0.05) is 113 Å². The summed E-state index contributed by atoms with van der Waals surface area (Å²) in [6.45, 7) is 15.7. The second-order valence-corrected chi connectivity index (χ2v) is 19.8. The number of carbonyl (C=O) groups excluding carboxylic acids is 2. The molecule has 0 radical (unpaired) electrons. The third kappa shape index (κ3) is 24.6. The summed E-state index contributed by atoms with van der Waals surface area (Å²) in [4.78, 5) is 77.5. The van der Waals surface area contributed by atoms with Gasteiger partial charge in [0.2, 0.25) is 0 Å². The van der Waals surface area contributed by atoms with Gasteiger partial charge in [-0.3, -0.25) is 34.5 Å². The van der Waals surface area contributed by atoms with E-state index in [0.29, 0.717) is 77.0 Å². The molecule has 7 rings (SSSR count). The van der Waals surface area contributed by atoms with E-state index in [0.717, 1.165) is 69.1 Å². The third-order valence-electron chi connectivity index (χ3n) is 9.78. The van der Waals surface area contributed by atoms with Gasteiger partial charge in [0.15, 0.2) is 9.93 Å². The summed E-state index contributed by atoms with van der Waals surface area (Å²) in [5.74, 6) is -0.225. The number of aliphatic hydroxyl groups is 1. The molecule has 0 spiro atoms. The second-order valence-electron chi connectivity index (χ2n) is 15.1. The molecule has 0 aromatic carbocycles. The van der Waals surface area contributed by atoms with Crippen molar-refractivity contribution < 1.29 is 24.2 Å². The predicted octanol–water partition coefficient (Wildman–Crippen LogP) is 14.3. The van der Waals surface area contributed by atoms with E-state index in [1.54, 1.807) is 76.7 Å². The number of pyridine rings is 5. The van der Waals surface area contributed by atoms with Gasteiger partial charge in [0, 0.05) is 114 Å². The first-order valence-corrected chi connectivity index (χ1v) is 28.8. The van der Waals surface area contributed by atoms with Gasteiger partial charge in [-0.2, -0.15) is 0 Å². The van der Waals surface area contributed by atoms with Gasteiger partial charge >= 0.3 is 11.9 Å². The molecule has 0 fully saturated rings. The largest absolute Gasteiger partial charge is 0.462 e. The van der Waals surface area contributed by atoms with E-state index < -0.39 is 11.9 Å². The first kappa shape index (κ1) is 71.7. The molecule has 7 heterocycles. The van der Waals surface area contributed by atoms with Crippen molar-refractivity contribution in [2.45, 2.75) is 104 Å². The van der Waals surface area contributed by atoms with Crippen LogP contribution < -0.4 is 11.1 Å². The number of hydrogen-bond donors (Lipinski definition) is 4. The number of aliphatic hydroxyl groups excluding tert-OH is 1. The van der Waals surface area contributed by atoms with E-state index >= 15 is 0 Å². The zero-order chi connectivity index (χ0) is 57.6. The lowest BCUT2D eigenvalue weighted by atomic mass is 10.1. The lowest BCUT2D eigenvalue weighted by Gasteiger charge is -2.08. The summed E-state index contributed by atoms with van der Waals surface area (Å²) in [7, 11) is 0. The maximum absolute atomic E-state index is 11.5. The topological polar surface area (TPSA) is 232 Å². The van der Waals surface area contributed by atoms with Crippen molar-refractivity contribution in [2.75, 3.05) is 13.2 Å². The van der Waals surface area contributed by atoms with Gasteiger partial charge in [-0.15, -0.1) is 12.4 Å². The Labute approximate surface area is 510 Å². The fraction of sp³-hybridized carbons (Fsp3) is 0.327. The average molecular weight is 1360 g/mol. The Morgan fingerprint density at radius 1 is 0.615 bits per heavy atom. The zero-order valence-electron chi connectivity index (χ0n) is 43.7. The molecule has 0 aliphatic carbocycles. The highest BCUT2D eigenvalue weighted by atomic mass is 79.9. The highest BCUT2D eigenvalue weighted by molar-refractivity contribution is 9.10. The Balaban J connectivity index is 0.000000474. The summed E-state index contributed by atoms with van der Waals surface area (Å²) >= 11 is 42.3. The number of halogens is 8. The molecule has 0 aliphatic heterocycles. The maximum atomic E-state index is 11.5. The van der Waals surface area contributed by atoms with Gasteiger partial charge in [0.05, 0.1) is 41.1 Å². The molecular formula is C52H59Br2Cl6N9O7S2. The van der Waals surface area contributed by atoms with Crippen LogP contribution in [0.25, 0.3) is 0 Å². The van der Waals surface area contributed by atoms with Crippen LogP contribution in [0.3, 0.4) is 0 Å². The molecule has 0 atom stereocenters. The molecular weight excluding hydrogens is 1300 g/mol. The van der Waals surface area contributed by atoms with E-state index in [2.05, 4.69) is 95.9 Å². The van der Waals surface area contributed by atoms with Gasteiger partial charge in [0.25, 0.3) is 11.1 Å². The first-order valence-electron chi connectivity index (χ1n) is 23.6. The van der Waals surface area contributed by atoms with Gasteiger partial charge in [0.1, 0.15) is 10.2 Å². The molecule has 0 bridgehead atoms. The van der Waals surface area contributed by atoms with Crippen molar-refractivity contribution in [1.29, 1.82) is 0 Å². The highest BCUT2D eigenvalue weighted by Crippen LogP contribution is 2.27. The molecule has 7 aromatic rings. The summed E-state index contributed by atoms with van der Waals surface area (Å²) in [6, 6.07) is 11.3. The Morgan fingerprint density at radius 2 is 1.04 bits per heavy atom. The standard InChI is InChI=1S/C13H14ClN3OS.C10H12ClNO2.C8H7BrClNO2.C8H9BrClN.C8H10ClNO.C5H6N2OS.ClH/c1-3-11-9(10(14)4-5-15-11)7-19-13-16-8(2)6-12(18)17-13;1-3-8-9(10(13)14-4-2)7(11)5-6-12-8;1-2-13-8(12)6-5(10)3-4-11-7(6)9;1-2-8-6(5-9)7(10)3-4-11-8;1-2-8-6(5-11)7(9)3-4-10-8;1-3-2-4(8)7-5(9)6-3;/h4-6H,3,7H2,1-2H3,(H,16,17,18);5-6H,3-4H2,1-2H3;3-4H,2H2,1H3;3-4H,2,5H2,1H3;3-4,11H,2,5H2,1H3;2H,1H3,(H2,6,7,8,9);1H. The van der Waals surface area contributed by atoms with E-state index in [9.17, 15) is 19.2 Å². The number of hydrogen-bond acceptors (Lipinski definition) is 15. The normalized spacial score (nSPS) is 9.95. The number of nitrogens with one attached hydrogen (secondary N) is 3. The van der Waals surface area contributed by atoms with Crippen LogP contribution in [-0.4, -0.2) is 75.1 Å². The minimum Gasteiger partial charge on any atom is -0.462 e. The molecule has 0 unspecified atom stereocenters. The number of nitrogens with zero attached hydrogens (tertiary/aromatic N) is 6. The van der Waals surface area contributed by atoms with Gasteiger partial charge in [-0.25, -0.2) is 19.6 Å². The maximum Gasteiger partial charge on any atom is 0.342 e. The molecule has 78 heavy (non-hydrogen) atoms. The number of rotatable bonds is 13. The molecule has 0 saturated heterocycles. The minimum absolute atomic E-state index is 0. The number of aromatic amines is 3. The van der Waals surface area contributed by atoms with Crippen molar-refractivity contribution in [1.82, 2.24) is 44.9 Å². The van der Waals surface area contributed by atoms with Crippen LogP contribution in [0.5, 0.6) is 0 Å². The second kappa shape index (κ2) is 39.1. The molecule has 422 valence electrons. The minimum atomic E-state index is -0.465. The monoisotopic (exact) mass is 1350 g/mol. The van der Waals surface area contributed by atoms with Gasteiger partial charge in [-0.05, 0) is 112 Å². The summed E-state index contributed by atoms with van der Waals surface area (Å²) < 4.78 is 10.5. The molecule has 0 saturated carbocycles. The zero-order valence-corrected chi connectivity index (χ0v) is 53.1. The Hall–Kier alpha value is -4.32. The Morgan fingerprint density at radius 3 is 1.46 bits per heavy atom. The van der Waals surface area contributed by atoms with E-state index in [1.807, 2.05) is 26.8 Å². The van der Waals surface area contributed by atoms with Crippen molar-refractivity contribution in [2.24, 2.45) is 0 Å². The van der Waals surface area contributed by atoms with Crippen molar-refractivity contribution in [3.63, 3.8) is 0 Å². The third-order valence-corrected chi connectivity index (χ3v) is 13.7. The lowest BCUT2D eigenvalue weighted by Crippen LogP contribution is -2.09. The number of esters is 2. The summed E-state index contributed by atoms with van der Waals surface area (Å²) in [5, 5.41) is 13.1. The van der Waals surface area contributed by atoms with Crippen molar-refractivity contribution >= 4 is 138 Å². The SMILES string of the molecule is CCOC(=O)c1c(Cl)ccnc1Br.CCOC(=O)c1c(Cl)ccnc1CC.CCc1nccc(Cl)c1CBr.CCc1nccc(Cl)c1CO.CCc1nccc(Cl)c1CSc1nc(C)cc(=O)[nH]1.Cc1cc(=O)[nH]c(=S)[nH]1.Cl. The molecule has 7 aromatic heterocycles. The van der Waals surface area contributed by atoms with Crippen LogP contribution in [0, 0.1) is 18.6 Å². The fourth-order valence-corrected chi connectivity index (χ4v) is 10.1. The van der Waals surface area contributed by atoms with Crippen molar-refractivity contribution in [3.8, 4) is 0 Å². The number of alkyl halides is 1.